The van der Waals surface area contributed by atoms with Gasteiger partial charge in [-0.2, -0.15) is 0 Å². The molecule has 23 heavy (non-hydrogen) atoms. The normalized spacial score (nSPS) is 15.9. The first-order valence-corrected chi connectivity index (χ1v) is 8.31. The Kier molecular flexibility index (Phi) is 3.74. The highest BCUT2D eigenvalue weighted by Gasteiger charge is 2.18. The van der Waals surface area contributed by atoms with Gasteiger partial charge < -0.3 is 5.32 Å². The van der Waals surface area contributed by atoms with Crippen LogP contribution in [0.4, 0.5) is 10.3 Å². The average molecular weight is 309 g/mol. The second kappa shape index (κ2) is 6.03. The zero-order chi connectivity index (χ0) is 15.6. The number of benzene rings is 2. The van der Waals surface area contributed by atoms with Gasteiger partial charge in [0.05, 0.1) is 11.0 Å². The van der Waals surface area contributed by atoms with E-state index in [0.29, 0.717) is 6.04 Å². The van der Waals surface area contributed by atoms with Crippen molar-refractivity contribution in [3.63, 3.8) is 0 Å². The van der Waals surface area contributed by atoms with Crippen molar-refractivity contribution in [1.82, 2.24) is 9.55 Å². The highest BCUT2D eigenvalue weighted by Crippen LogP contribution is 2.28. The fraction of sp³-hybridized carbons (Fsp3) is 0.316. The predicted molar refractivity (Wildman–Crippen MR) is 91.5 cm³/mol. The maximum Gasteiger partial charge on any atom is 0.208 e. The van der Waals surface area contributed by atoms with Crippen molar-refractivity contribution in [2.45, 2.75) is 38.1 Å². The summed E-state index contributed by atoms with van der Waals surface area (Å²) < 4.78 is 15.8. The monoisotopic (exact) mass is 309 g/mol. The van der Waals surface area contributed by atoms with E-state index in [1.807, 2.05) is 34.9 Å². The molecule has 1 fully saturated rings. The van der Waals surface area contributed by atoms with Gasteiger partial charge in [-0.25, -0.2) is 9.37 Å². The third kappa shape index (κ3) is 2.81. The fourth-order valence-corrected chi connectivity index (χ4v) is 3.41. The van der Waals surface area contributed by atoms with Crippen LogP contribution in [0.1, 0.15) is 32.1 Å². The number of anilines is 1. The number of hydrogen-bond donors (Lipinski definition) is 1. The number of aromatic nitrogens is 2. The molecule has 4 rings (SSSR count). The van der Waals surface area contributed by atoms with E-state index in [2.05, 4.69) is 5.32 Å². The maximum absolute atomic E-state index is 13.7. The molecule has 1 N–H and O–H groups in total. The third-order valence-corrected chi connectivity index (χ3v) is 4.57. The summed E-state index contributed by atoms with van der Waals surface area (Å²) in [5, 5.41) is 3.59. The summed E-state index contributed by atoms with van der Waals surface area (Å²) >= 11 is 0. The molecule has 2 aromatic carbocycles. The molecule has 0 atom stereocenters. The van der Waals surface area contributed by atoms with Crippen LogP contribution in [-0.4, -0.2) is 15.6 Å². The highest BCUT2D eigenvalue weighted by atomic mass is 19.1. The van der Waals surface area contributed by atoms with Crippen LogP contribution in [0.5, 0.6) is 0 Å². The predicted octanol–water partition coefficient (Wildman–Crippen LogP) is 4.91. The lowest BCUT2D eigenvalue weighted by atomic mass is 9.96. The molecule has 118 valence electrons. The van der Waals surface area contributed by atoms with Crippen molar-refractivity contribution in [1.29, 1.82) is 0 Å². The quantitative estimate of drug-likeness (QED) is 0.745. The molecule has 1 saturated carbocycles. The number of nitrogens with zero attached hydrogens (tertiary/aromatic N) is 2. The Morgan fingerprint density at radius 1 is 1.00 bits per heavy atom. The second-order valence-electron chi connectivity index (χ2n) is 6.22. The number of rotatable bonds is 3. The summed E-state index contributed by atoms with van der Waals surface area (Å²) in [6.07, 6.45) is 6.19. The van der Waals surface area contributed by atoms with E-state index < -0.39 is 0 Å². The Labute approximate surface area is 135 Å². The molecular weight excluding hydrogens is 289 g/mol. The lowest BCUT2D eigenvalue weighted by molar-refractivity contribution is 0.460. The van der Waals surface area contributed by atoms with Gasteiger partial charge in [0.25, 0.3) is 0 Å². The van der Waals surface area contributed by atoms with Gasteiger partial charge in [-0.05, 0) is 37.1 Å². The molecule has 3 aromatic rings. The second-order valence-corrected chi connectivity index (χ2v) is 6.22. The first-order chi connectivity index (χ1) is 11.3. The van der Waals surface area contributed by atoms with Crippen LogP contribution in [0.3, 0.4) is 0 Å². The van der Waals surface area contributed by atoms with Gasteiger partial charge in [0.1, 0.15) is 5.82 Å². The maximum atomic E-state index is 13.7. The summed E-state index contributed by atoms with van der Waals surface area (Å²) in [5.41, 5.74) is 2.61. The van der Waals surface area contributed by atoms with Crippen LogP contribution in [0, 0.1) is 5.82 Å². The largest absolute Gasteiger partial charge is 0.353 e. The van der Waals surface area contributed by atoms with E-state index in [1.165, 1.54) is 38.2 Å². The van der Waals surface area contributed by atoms with E-state index >= 15 is 0 Å². The Balaban J connectivity index is 1.82. The lowest BCUT2D eigenvalue weighted by Crippen LogP contribution is -2.24. The molecule has 0 unspecified atom stereocenters. The molecule has 0 radical (unpaired) electrons. The molecule has 0 aliphatic heterocycles. The van der Waals surface area contributed by atoms with Gasteiger partial charge in [-0.1, -0.05) is 37.5 Å². The van der Waals surface area contributed by atoms with Gasteiger partial charge in [-0.3, -0.25) is 4.57 Å². The molecule has 1 heterocycles. The molecule has 0 bridgehead atoms. The number of para-hydroxylation sites is 1. The van der Waals surface area contributed by atoms with E-state index in [0.717, 1.165) is 22.7 Å². The Hall–Kier alpha value is -2.36. The van der Waals surface area contributed by atoms with Crippen LogP contribution < -0.4 is 5.32 Å². The summed E-state index contributed by atoms with van der Waals surface area (Å²) in [7, 11) is 0. The first kappa shape index (κ1) is 14.2. The summed E-state index contributed by atoms with van der Waals surface area (Å²) in [5.74, 6) is 0.572. The molecule has 1 aliphatic rings. The molecule has 3 nitrogen and oxygen atoms in total. The molecule has 1 aromatic heterocycles. The third-order valence-electron chi connectivity index (χ3n) is 4.57. The Morgan fingerprint density at radius 3 is 2.57 bits per heavy atom. The lowest BCUT2D eigenvalue weighted by Gasteiger charge is -2.23. The van der Waals surface area contributed by atoms with Crippen molar-refractivity contribution in [3.8, 4) is 5.69 Å². The van der Waals surface area contributed by atoms with E-state index in [1.54, 1.807) is 12.1 Å². The summed E-state index contributed by atoms with van der Waals surface area (Å²) in [6.45, 7) is 0. The Morgan fingerprint density at radius 2 is 1.78 bits per heavy atom. The van der Waals surface area contributed by atoms with Crippen molar-refractivity contribution in [2.24, 2.45) is 0 Å². The standard InChI is InChI=1S/C19H20FN3/c20-14-11-12-17-18(13-14)23(16-9-5-2-6-10-16)19(22-17)21-15-7-3-1-4-8-15/h2,5-6,9-13,15H,1,3-4,7-8H2,(H,21,22). The van der Waals surface area contributed by atoms with Gasteiger partial charge in [0.15, 0.2) is 0 Å². The molecule has 0 spiro atoms. The Bertz CT molecular complexity index is 804. The number of fused-ring (bicyclic) bond motifs is 1. The van der Waals surface area contributed by atoms with Gasteiger partial charge in [0.2, 0.25) is 5.95 Å². The van der Waals surface area contributed by atoms with Crippen LogP contribution in [-0.2, 0) is 0 Å². The number of imidazole rings is 1. The van der Waals surface area contributed by atoms with Crippen LogP contribution in [0.15, 0.2) is 48.5 Å². The number of halogens is 1. The van der Waals surface area contributed by atoms with Gasteiger partial charge in [-0.15, -0.1) is 0 Å². The van der Waals surface area contributed by atoms with E-state index in [-0.39, 0.29) is 5.82 Å². The topological polar surface area (TPSA) is 29.9 Å². The highest BCUT2D eigenvalue weighted by molar-refractivity contribution is 5.81. The SMILES string of the molecule is Fc1ccc2nc(NC3CCCCC3)n(-c3ccccc3)c2c1. The van der Waals surface area contributed by atoms with Gasteiger partial charge >= 0.3 is 0 Å². The minimum atomic E-state index is -0.237. The zero-order valence-corrected chi connectivity index (χ0v) is 13.0. The first-order valence-electron chi connectivity index (χ1n) is 8.31. The zero-order valence-electron chi connectivity index (χ0n) is 13.0. The smallest absolute Gasteiger partial charge is 0.208 e. The van der Waals surface area contributed by atoms with Crippen molar-refractivity contribution < 1.29 is 4.39 Å². The minimum Gasteiger partial charge on any atom is -0.353 e. The van der Waals surface area contributed by atoms with Crippen molar-refractivity contribution in [3.05, 3.63) is 54.3 Å². The number of nitrogens with one attached hydrogen (secondary N) is 1. The molecular formula is C19H20FN3. The summed E-state index contributed by atoms with van der Waals surface area (Å²) in [6, 6.07) is 15.2. The number of hydrogen-bond acceptors (Lipinski definition) is 2. The van der Waals surface area contributed by atoms with Gasteiger partial charge in [0, 0.05) is 17.8 Å². The van der Waals surface area contributed by atoms with Crippen molar-refractivity contribution in [2.75, 3.05) is 5.32 Å². The van der Waals surface area contributed by atoms with Crippen LogP contribution >= 0.6 is 0 Å². The van der Waals surface area contributed by atoms with Crippen LogP contribution in [0.25, 0.3) is 16.7 Å². The van der Waals surface area contributed by atoms with E-state index in [9.17, 15) is 4.39 Å². The van der Waals surface area contributed by atoms with Crippen molar-refractivity contribution >= 4 is 17.0 Å². The van der Waals surface area contributed by atoms with E-state index in [4.69, 9.17) is 4.98 Å². The fourth-order valence-electron chi connectivity index (χ4n) is 3.41. The minimum absolute atomic E-state index is 0.237. The molecule has 0 saturated heterocycles. The molecule has 0 amide bonds. The molecule has 1 aliphatic carbocycles. The van der Waals surface area contributed by atoms with Crippen LogP contribution in [0.2, 0.25) is 0 Å². The average Bonchev–Trinajstić information content (AvgIpc) is 2.93. The molecule has 4 heteroatoms. The summed E-state index contributed by atoms with van der Waals surface area (Å²) in [4.78, 5) is 4.71.